The predicted molar refractivity (Wildman–Crippen MR) is 74.4 cm³/mol. The number of carboxylic acid groups (broad SMARTS) is 1. The molecule has 0 bridgehead atoms. The molecule has 0 amide bonds. The minimum Gasteiger partial charge on any atom is -0.494 e. The maximum Gasteiger partial charge on any atom is 0.318 e. The van der Waals surface area contributed by atoms with Gasteiger partial charge >= 0.3 is 5.97 Å². The van der Waals surface area contributed by atoms with E-state index in [1.54, 1.807) is 13.8 Å². The molecule has 118 valence electrons. The number of sulfonamides is 1. The zero-order valence-electron chi connectivity index (χ0n) is 12.3. The summed E-state index contributed by atoms with van der Waals surface area (Å²) in [5.41, 5.74) is -0.106. The lowest BCUT2D eigenvalue weighted by atomic mass is 10.2. The molecule has 0 aromatic heterocycles. The number of hydrogen-bond donors (Lipinski definition) is 1. The van der Waals surface area contributed by atoms with E-state index in [2.05, 4.69) is 0 Å². The van der Waals surface area contributed by atoms with Crippen LogP contribution in [0.15, 0.2) is 17.0 Å². The van der Waals surface area contributed by atoms with E-state index < -0.39 is 34.4 Å². The Bertz CT molecular complexity index is 642. The van der Waals surface area contributed by atoms with E-state index in [1.807, 2.05) is 0 Å². The monoisotopic (exact) mass is 319 g/mol. The molecule has 0 aliphatic heterocycles. The van der Waals surface area contributed by atoms with E-state index in [4.69, 9.17) is 9.84 Å². The van der Waals surface area contributed by atoms with Crippen molar-refractivity contribution in [1.82, 2.24) is 4.31 Å². The van der Waals surface area contributed by atoms with Crippen LogP contribution in [0.25, 0.3) is 0 Å². The SMILES string of the molecule is COc1ccc(S(=O)(=O)N(CC(=O)O)C(C)C)c(C)c1F. The number of hydrogen-bond acceptors (Lipinski definition) is 4. The highest BCUT2D eigenvalue weighted by atomic mass is 32.2. The summed E-state index contributed by atoms with van der Waals surface area (Å²) in [5, 5.41) is 8.85. The van der Waals surface area contributed by atoms with Gasteiger partial charge in [-0.2, -0.15) is 4.31 Å². The summed E-state index contributed by atoms with van der Waals surface area (Å²) in [6, 6.07) is 1.84. The summed E-state index contributed by atoms with van der Waals surface area (Å²) in [7, 11) is -2.84. The lowest BCUT2D eigenvalue weighted by Crippen LogP contribution is -2.40. The Labute approximate surface area is 123 Å². The molecule has 1 rings (SSSR count). The molecular weight excluding hydrogens is 301 g/mol. The third kappa shape index (κ3) is 3.51. The van der Waals surface area contributed by atoms with Gasteiger partial charge in [-0.25, -0.2) is 12.8 Å². The van der Waals surface area contributed by atoms with E-state index in [9.17, 15) is 17.6 Å². The largest absolute Gasteiger partial charge is 0.494 e. The molecule has 1 aromatic carbocycles. The summed E-state index contributed by atoms with van der Waals surface area (Å²) in [6.07, 6.45) is 0. The maximum absolute atomic E-state index is 14.0. The Morgan fingerprint density at radius 2 is 2.00 bits per heavy atom. The van der Waals surface area contributed by atoms with Gasteiger partial charge in [-0.15, -0.1) is 0 Å². The smallest absolute Gasteiger partial charge is 0.318 e. The first kappa shape index (κ1) is 17.4. The topological polar surface area (TPSA) is 83.9 Å². The number of methoxy groups -OCH3 is 1. The lowest BCUT2D eigenvalue weighted by Gasteiger charge is -2.25. The summed E-state index contributed by atoms with van der Waals surface area (Å²) >= 11 is 0. The van der Waals surface area contributed by atoms with Gasteiger partial charge in [0, 0.05) is 11.6 Å². The normalized spacial score (nSPS) is 12.0. The quantitative estimate of drug-likeness (QED) is 0.861. The second-order valence-electron chi connectivity index (χ2n) is 4.74. The van der Waals surface area contributed by atoms with Crippen molar-refractivity contribution in [2.24, 2.45) is 0 Å². The predicted octanol–water partition coefficient (Wildman–Crippen LogP) is 1.63. The third-order valence-electron chi connectivity index (χ3n) is 2.97. The fourth-order valence-corrected chi connectivity index (χ4v) is 3.69. The minimum atomic E-state index is -4.12. The highest BCUT2D eigenvalue weighted by Crippen LogP contribution is 2.28. The van der Waals surface area contributed by atoms with Gasteiger partial charge in [0.05, 0.1) is 12.0 Å². The number of halogens is 1. The zero-order valence-corrected chi connectivity index (χ0v) is 13.1. The van der Waals surface area contributed by atoms with Crippen LogP contribution < -0.4 is 4.74 Å². The molecule has 1 N–H and O–H groups in total. The van der Waals surface area contributed by atoms with Crippen LogP contribution in [-0.2, 0) is 14.8 Å². The van der Waals surface area contributed by atoms with Crippen LogP contribution >= 0.6 is 0 Å². The number of nitrogens with zero attached hydrogens (tertiary/aromatic N) is 1. The van der Waals surface area contributed by atoms with Crippen molar-refractivity contribution in [3.05, 3.63) is 23.5 Å². The summed E-state index contributed by atoms with van der Waals surface area (Å²) < 4.78 is 44.7. The lowest BCUT2D eigenvalue weighted by molar-refractivity contribution is -0.137. The Morgan fingerprint density at radius 3 is 2.43 bits per heavy atom. The maximum atomic E-state index is 14.0. The molecule has 0 saturated heterocycles. The molecule has 6 nitrogen and oxygen atoms in total. The van der Waals surface area contributed by atoms with Gasteiger partial charge in [0.2, 0.25) is 10.0 Å². The fourth-order valence-electron chi connectivity index (χ4n) is 1.88. The molecule has 0 fully saturated rings. The van der Waals surface area contributed by atoms with Crippen molar-refractivity contribution in [2.75, 3.05) is 13.7 Å². The van der Waals surface area contributed by atoms with Crippen molar-refractivity contribution >= 4 is 16.0 Å². The second kappa shape index (κ2) is 6.40. The molecule has 0 radical (unpaired) electrons. The van der Waals surface area contributed by atoms with Crippen LogP contribution in [0.1, 0.15) is 19.4 Å². The summed E-state index contributed by atoms with van der Waals surface area (Å²) in [5.74, 6) is -2.13. The van der Waals surface area contributed by atoms with Crippen LogP contribution in [0.5, 0.6) is 5.75 Å². The molecule has 8 heteroatoms. The van der Waals surface area contributed by atoms with Gasteiger partial charge in [0.25, 0.3) is 0 Å². The van der Waals surface area contributed by atoms with Crippen LogP contribution in [0.2, 0.25) is 0 Å². The van der Waals surface area contributed by atoms with Crippen molar-refractivity contribution in [1.29, 1.82) is 0 Å². The number of carbonyl (C=O) groups is 1. The number of aliphatic carboxylic acids is 1. The van der Waals surface area contributed by atoms with E-state index in [0.29, 0.717) is 0 Å². The van der Waals surface area contributed by atoms with Crippen molar-refractivity contribution in [3.8, 4) is 5.75 Å². The van der Waals surface area contributed by atoms with Crippen LogP contribution in [0, 0.1) is 12.7 Å². The van der Waals surface area contributed by atoms with Gasteiger partial charge in [-0.05, 0) is 32.9 Å². The van der Waals surface area contributed by atoms with Gasteiger partial charge in [-0.1, -0.05) is 0 Å². The highest BCUT2D eigenvalue weighted by Gasteiger charge is 2.31. The van der Waals surface area contributed by atoms with Gasteiger partial charge in [0.1, 0.15) is 6.54 Å². The van der Waals surface area contributed by atoms with Crippen LogP contribution in [0.4, 0.5) is 4.39 Å². The fraction of sp³-hybridized carbons (Fsp3) is 0.462. The molecule has 0 aliphatic carbocycles. The Balaban J connectivity index is 3.42. The molecule has 0 atom stereocenters. The number of benzene rings is 1. The average molecular weight is 319 g/mol. The average Bonchev–Trinajstić information content (AvgIpc) is 2.38. The summed E-state index contributed by atoms with van der Waals surface area (Å²) in [4.78, 5) is 10.6. The van der Waals surface area contributed by atoms with Crippen LogP contribution in [-0.4, -0.2) is 43.5 Å². The van der Waals surface area contributed by atoms with Crippen molar-refractivity contribution in [3.63, 3.8) is 0 Å². The number of ether oxygens (including phenoxy) is 1. The van der Waals surface area contributed by atoms with Crippen molar-refractivity contribution in [2.45, 2.75) is 31.7 Å². The molecule has 0 spiro atoms. The molecule has 1 aromatic rings. The van der Waals surface area contributed by atoms with Crippen LogP contribution in [0.3, 0.4) is 0 Å². The second-order valence-corrected chi connectivity index (χ2v) is 6.60. The van der Waals surface area contributed by atoms with Gasteiger partial charge in [-0.3, -0.25) is 4.79 Å². The van der Waals surface area contributed by atoms with E-state index in [0.717, 1.165) is 4.31 Å². The minimum absolute atomic E-state index is 0.0687. The molecule has 0 saturated carbocycles. The number of rotatable bonds is 6. The third-order valence-corrected chi connectivity index (χ3v) is 5.14. The molecule has 0 aliphatic rings. The molecule has 21 heavy (non-hydrogen) atoms. The van der Waals surface area contributed by atoms with E-state index in [-0.39, 0.29) is 16.2 Å². The standard InChI is InChI=1S/C13H18FNO5S/c1-8(2)15(7-12(16)17)21(18,19)11-6-5-10(20-4)13(14)9(11)3/h5-6,8H,7H2,1-4H3,(H,16,17). The van der Waals surface area contributed by atoms with Gasteiger partial charge < -0.3 is 9.84 Å². The summed E-state index contributed by atoms with van der Waals surface area (Å²) in [6.45, 7) is 3.72. The zero-order chi connectivity index (χ0) is 16.4. The molecule has 0 unspecified atom stereocenters. The van der Waals surface area contributed by atoms with Crippen molar-refractivity contribution < 1.29 is 27.4 Å². The Hall–Kier alpha value is -1.67. The van der Waals surface area contributed by atoms with E-state index in [1.165, 1.54) is 26.2 Å². The number of carboxylic acids is 1. The highest BCUT2D eigenvalue weighted by molar-refractivity contribution is 7.89. The van der Waals surface area contributed by atoms with Gasteiger partial charge in [0.15, 0.2) is 11.6 Å². The Morgan fingerprint density at radius 1 is 1.43 bits per heavy atom. The first-order valence-corrected chi connectivity index (χ1v) is 7.63. The molecular formula is C13H18FNO5S. The molecule has 0 heterocycles. The first-order chi connectivity index (χ1) is 9.62. The first-order valence-electron chi connectivity index (χ1n) is 6.19. The Kier molecular flexibility index (Phi) is 5.30. The van der Waals surface area contributed by atoms with E-state index >= 15 is 0 Å².